The van der Waals surface area contributed by atoms with E-state index in [-0.39, 0.29) is 6.54 Å². The van der Waals surface area contributed by atoms with Crippen LogP contribution in [0, 0.1) is 0 Å². The Labute approximate surface area is 81.6 Å². The summed E-state index contributed by atoms with van der Waals surface area (Å²) < 4.78 is 0. The zero-order valence-corrected chi connectivity index (χ0v) is 8.06. The molecule has 1 heterocycles. The van der Waals surface area contributed by atoms with Gasteiger partial charge in [0.15, 0.2) is 0 Å². The van der Waals surface area contributed by atoms with Crippen LogP contribution in [0.2, 0.25) is 0 Å². The topological polar surface area (TPSA) is 78.4 Å². The summed E-state index contributed by atoms with van der Waals surface area (Å²) in [6.07, 6.45) is 1.39. The van der Waals surface area contributed by atoms with Gasteiger partial charge in [0.05, 0.1) is 0 Å². The molecule has 0 radical (unpaired) electrons. The predicted molar refractivity (Wildman–Crippen MR) is 52.5 cm³/mol. The van der Waals surface area contributed by atoms with Crippen LogP contribution in [0.4, 0.5) is 11.6 Å². The molecule has 0 fully saturated rings. The van der Waals surface area contributed by atoms with Gasteiger partial charge in [0.25, 0.3) is 0 Å². The first-order chi connectivity index (χ1) is 6.59. The molecule has 0 aliphatic heterocycles. The number of nitrogens with zero attached hydrogens (tertiary/aromatic N) is 3. The minimum absolute atomic E-state index is 0.149. The lowest BCUT2D eigenvalue weighted by molar-refractivity contribution is -0.134. The Bertz CT molecular complexity index is 327. The number of aliphatic carboxylic acids is 1. The number of carboxylic acids is 1. The molecular weight excluding hydrogens is 184 g/mol. The molecule has 0 saturated heterocycles. The van der Waals surface area contributed by atoms with Gasteiger partial charge in [-0.2, -0.15) is 0 Å². The van der Waals surface area contributed by atoms with E-state index in [2.05, 4.69) is 15.3 Å². The highest BCUT2D eigenvalue weighted by Gasteiger charge is 2.01. The summed E-state index contributed by atoms with van der Waals surface area (Å²) in [5, 5.41) is 11.1. The summed E-state index contributed by atoms with van der Waals surface area (Å²) in [7, 11) is 3.70. The molecule has 0 bridgehead atoms. The van der Waals surface area contributed by atoms with Gasteiger partial charge < -0.3 is 15.3 Å². The molecule has 0 spiro atoms. The maximum Gasteiger partial charge on any atom is 0.322 e. The first kappa shape index (κ1) is 10.2. The lowest BCUT2D eigenvalue weighted by Crippen LogP contribution is -2.15. The van der Waals surface area contributed by atoms with E-state index in [9.17, 15) is 4.79 Å². The van der Waals surface area contributed by atoms with Crippen LogP contribution in [0.25, 0.3) is 0 Å². The Kier molecular flexibility index (Phi) is 3.22. The molecule has 0 aliphatic carbocycles. The lowest BCUT2D eigenvalue weighted by Gasteiger charge is -2.11. The van der Waals surface area contributed by atoms with Crippen LogP contribution in [0.5, 0.6) is 0 Å². The van der Waals surface area contributed by atoms with Gasteiger partial charge in [-0.25, -0.2) is 9.97 Å². The zero-order valence-electron chi connectivity index (χ0n) is 8.06. The SMILES string of the molecule is CN(C)c1cc(NCC(=O)O)ncn1. The third-order valence-corrected chi connectivity index (χ3v) is 1.53. The van der Waals surface area contributed by atoms with Crippen LogP contribution in [-0.2, 0) is 4.79 Å². The second-order valence-corrected chi connectivity index (χ2v) is 2.90. The van der Waals surface area contributed by atoms with Crippen LogP contribution >= 0.6 is 0 Å². The highest BCUT2D eigenvalue weighted by Crippen LogP contribution is 2.10. The van der Waals surface area contributed by atoms with E-state index in [0.29, 0.717) is 5.82 Å². The van der Waals surface area contributed by atoms with Crippen LogP contribution in [0.3, 0.4) is 0 Å². The molecule has 1 aromatic heterocycles. The predicted octanol–water partition coefficient (Wildman–Crippen LogP) is 0.0391. The molecule has 6 nitrogen and oxygen atoms in total. The maximum atomic E-state index is 10.3. The second-order valence-electron chi connectivity index (χ2n) is 2.90. The fourth-order valence-electron chi connectivity index (χ4n) is 0.854. The molecule has 1 rings (SSSR count). The minimum Gasteiger partial charge on any atom is -0.480 e. The van der Waals surface area contributed by atoms with Crippen LogP contribution in [0.1, 0.15) is 0 Å². The van der Waals surface area contributed by atoms with Gasteiger partial charge >= 0.3 is 5.97 Å². The Morgan fingerprint density at radius 3 is 2.86 bits per heavy atom. The zero-order chi connectivity index (χ0) is 10.6. The normalized spacial score (nSPS) is 9.57. The molecule has 0 saturated carbocycles. The summed E-state index contributed by atoms with van der Waals surface area (Å²) >= 11 is 0. The van der Waals surface area contributed by atoms with Gasteiger partial charge in [-0.1, -0.05) is 0 Å². The van der Waals surface area contributed by atoms with E-state index in [0.717, 1.165) is 5.82 Å². The number of carbonyl (C=O) groups is 1. The summed E-state index contributed by atoms with van der Waals surface area (Å²) in [5.41, 5.74) is 0. The average molecular weight is 196 g/mol. The number of hydrogen-bond donors (Lipinski definition) is 2. The smallest absolute Gasteiger partial charge is 0.322 e. The van der Waals surface area contributed by atoms with Gasteiger partial charge in [0.2, 0.25) is 0 Å². The van der Waals surface area contributed by atoms with E-state index in [1.807, 2.05) is 19.0 Å². The van der Waals surface area contributed by atoms with E-state index in [1.54, 1.807) is 6.07 Å². The third-order valence-electron chi connectivity index (χ3n) is 1.53. The van der Waals surface area contributed by atoms with Crippen molar-refractivity contribution in [2.24, 2.45) is 0 Å². The molecule has 0 aliphatic rings. The van der Waals surface area contributed by atoms with Crippen LogP contribution in [-0.4, -0.2) is 41.7 Å². The monoisotopic (exact) mass is 196 g/mol. The van der Waals surface area contributed by atoms with E-state index in [1.165, 1.54) is 6.33 Å². The summed E-state index contributed by atoms with van der Waals surface area (Å²) in [6.45, 7) is -0.149. The number of nitrogens with one attached hydrogen (secondary N) is 1. The largest absolute Gasteiger partial charge is 0.480 e. The first-order valence-corrected chi connectivity index (χ1v) is 4.04. The molecule has 0 amide bonds. The first-order valence-electron chi connectivity index (χ1n) is 4.04. The van der Waals surface area contributed by atoms with Crippen molar-refractivity contribution in [2.45, 2.75) is 0 Å². The van der Waals surface area contributed by atoms with Crippen molar-refractivity contribution >= 4 is 17.6 Å². The lowest BCUT2D eigenvalue weighted by atomic mass is 10.5. The number of carboxylic acid groups (broad SMARTS) is 1. The number of rotatable bonds is 4. The average Bonchev–Trinajstić information content (AvgIpc) is 2.15. The molecule has 14 heavy (non-hydrogen) atoms. The fourth-order valence-corrected chi connectivity index (χ4v) is 0.854. The van der Waals surface area contributed by atoms with Crippen molar-refractivity contribution in [1.29, 1.82) is 0 Å². The minimum atomic E-state index is -0.921. The Morgan fingerprint density at radius 2 is 2.29 bits per heavy atom. The number of anilines is 2. The van der Waals surface area contributed by atoms with Gasteiger partial charge in [-0.05, 0) is 0 Å². The Hall–Kier alpha value is -1.85. The highest BCUT2D eigenvalue weighted by molar-refractivity contribution is 5.72. The summed E-state index contributed by atoms with van der Waals surface area (Å²) in [6, 6.07) is 1.68. The maximum absolute atomic E-state index is 10.3. The molecule has 0 aromatic carbocycles. The van der Waals surface area contributed by atoms with E-state index in [4.69, 9.17) is 5.11 Å². The van der Waals surface area contributed by atoms with Crippen LogP contribution in [0.15, 0.2) is 12.4 Å². The van der Waals surface area contributed by atoms with Gasteiger partial charge in [-0.3, -0.25) is 4.79 Å². The molecular formula is C8H12N4O2. The number of hydrogen-bond acceptors (Lipinski definition) is 5. The highest BCUT2D eigenvalue weighted by atomic mass is 16.4. The van der Waals surface area contributed by atoms with Gasteiger partial charge in [-0.15, -0.1) is 0 Å². The molecule has 1 aromatic rings. The van der Waals surface area contributed by atoms with Crippen molar-refractivity contribution in [2.75, 3.05) is 30.9 Å². The molecule has 6 heteroatoms. The van der Waals surface area contributed by atoms with Crippen molar-refractivity contribution in [1.82, 2.24) is 9.97 Å². The van der Waals surface area contributed by atoms with Gasteiger partial charge in [0, 0.05) is 20.2 Å². The molecule has 0 atom stereocenters. The van der Waals surface area contributed by atoms with Crippen molar-refractivity contribution < 1.29 is 9.90 Å². The standard InChI is InChI=1S/C8H12N4O2/c1-12(2)7-3-6(10-5-11-7)9-4-8(13)14/h3,5H,4H2,1-2H3,(H,13,14)(H,9,10,11). The summed E-state index contributed by atoms with van der Waals surface area (Å²) in [4.78, 5) is 20.0. The van der Waals surface area contributed by atoms with Crippen molar-refractivity contribution in [3.63, 3.8) is 0 Å². The van der Waals surface area contributed by atoms with E-state index < -0.39 is 5.97 Å². The Balaban J connectivity index is 2.68. The fraction of sp³-hybridized carbons (Fsp3) is 0.375. The van der Waals surface area contributed by atoms with E-state index >= 15 is 0 Å². The van der Waals surface area contributed by atoms with Gasteiger partial charge in [0.1, 0.15) is 24.5 Å². The molecule has 0 unspecified atom stereocenters. The number of aromatic nitrogens is 2. The molecule has 76 valence electrons. The second kappa shape index (κ2) is 4.40. The Morgan fingerprint density at radius 1 is 1.57 bits per heavy atom. The van der Waals surface area contributed by atoms with Crippen LogP contribution < -0.4 is 10.2 Å². The quantitative estimate of drug-likeness (QED) is 0.707. The summed E-state index contributed by atoms with van der Waals surface area (Å²) in [5.74, 6) is 0.314. The van der Waals surface area contributed by atoms with Crippen molar-refractivity contribution in [3.8, 4) is 0 Å². The third kappa shape index (κ3) is 2.89. The molecule has 2 N–H and O–H groups in total. The van der Waals surface area contributed by atoms with Crippen molar-refractivity contribution in [3.05, 3.63) is 12.4 Å².